The summed E-state index contributed by atoms with van der Waals surface area (Å²) < 4.78 is 10.6. The molecule has 0 saturated heterocycles. The zero-order valence-corrected chi connectivity index (χ0v) is 12.7. The monoisotopic (exact) mass is 325 g/mol. The van der Waals surface area contributed by atoms with Crippen LogP contribution in [0.1, 0.15) is 17.3 Å². The van der Waals surface area contributed by atoms with Crippen molar-refractivity contribution in [3.05, 3.63) is 52.0 Å². The summed E-state index contributed by atoms with van der Waals surface area (Å²) in [5, 5.41) is 0.851. The normalized spacial score (nSPS) is 10.2. The van der Waals surface area contributed by atoms with Gasteiger partial charge in [-0.1, -0.05) is 29.3 Å². The Morgan fingerprint density at radius 1 is 1.19 bits per heavy atom. The lowest BCUT2D eigenvalue weighted by molar-refractivity contribution is 0.0527. The van der Waals surface area contributed by atoms with Gasteiger partial charge in [0.05, 0.1) is 22.9 Å². The van der Waals surface area contributed by atoms with Crippen LogP contribution in [0.15, 0.2) is 36.4 Å². The number of carbonyl (C=O) groups excluding carboxylic acids is 1. The third kappa shape index (κ3) is 3.60. The molecule has 0 amide bonds. The van der Waals surface area contributed by atoms with E-state index in [1.54, 1.807) is 43.3 Å². The molecule has 2 aromatic carbocycles. The fourth-order valence-corrected chi connectivity index (χ4v) is 2.14. The smallest absolute Gasteiger partial charge is 0.340 e. The molecule has 0 unspecified atom stereocenters. The second-order valence-electron chi connectivity index (χ2n) is 4.11. The van der Waals surface area contributed by atoms with Gasteiger partial charge >= 0.3 is 5.97 Å². The van der Waals surface area contributed by atoms with Crippen molar-refractivity contribution >= 4 is 34.9 Å². The first-order valence-electron chi connectivity index (χ1n) is 6.21. The van der Waals surface area contributed by atoms with Crippen LogP contribution in [0.25, 0.3) is 0 Å². The molecule has 2 aromatic rings. The number of esters is 1. The highest BCUT2D eigenvalue weighted by Crippen LogP contribution is 2.35. The maximum atomic E-state index is 11.8. The molecule has 0 bridgehead atoms. The maximum absolute atomic E-state index is 11.8. The number of halogens is 2. The SMILES string of the molecule is CCOC(=O)c1cccc(Oc2ccc(Cl)cc2Cl)c1N. The minimum absolute atomic E-state index is 0.196. The molecule has 0 saturated carbocycles. The van der Waals surface area contributed by atoms with Gasteiger partial charge in [-0.15, -0.1) is 0 Å². The Kier molecular flexibility index (Phi) is 4.94. The summed E-state index contributed by atoms with van der Waals surface area (Å²) in [4.78, 5) is 11.8. The largest absolute Gasteiger partial charge is 0.462 e. The first-order chi connectivity index (χ1) is 10.0. The zero-order valence-electron chi connectivity index (χ0n) is 11.2. The van der Waals surface area contributed by atoms with Crippen LogP contribution in [0.3, 0.4) is 0 Å². The molecule has 2 N–H and O–H groups in total. The van der Waals surface area contributed by atoms with Crippen LogP contribution >= 0.6 is 23.2 Å². The van der Waals surface area contributed by atoms with E-state index in [1.807, 2.05) is 0 Å². The topological polar surface area (TPSA) is 61.5 Å². The molecule has 0 spiro atoms. The van der Waals surface area contributed by atoms with Gasteiger partial charge in [0.15, 0.2) is 5.75 Å². The summed E-state index contributed by atoms with van der Waals surface area (Å²) in [7, 11) is 0. The van der Waals surface area contributed by atoms with Crippen LogP contribution in [0.5, 0.6) is 11.5 Å². The molecule has 4 nitrogen and oxygen atoms in total. The Balaban J connectivity index is 2.32. The Labute approximate surface area is 132 Å². The molecule has 0 heterocycles. The molecule has 110 valence electrons. The van der Waals surface area contributed by atoms with Crippen LogP contribution < -0.4 is 10.5 Å². The van der Waals surface area contributed by atoms with Gasteiger partial charge < -0.3 is 15.2 Å². The number of nitrogens with two attached hydrogens (primary N) is 1. The first kappa shape index (κ1) is 15.5. The summed E-state index contributed by atoms with van der Waals surface area (Å²) in [5.74, 6) is 0.223. The van der Waals surface area contributed by atoms with E-state index in [0.29, 0.717) is 21.5 Å². The fraction of sp³-hybridized carbons (Fsp3) is 0.133. The average Bonchev–Trinajstić information content (AvgIpc) is 2.44. The molecule has 0 radical (unpaired) electrons. The van der Waals surface area contributed by atoms with Crippen LogP contribution in [0, 0.1) is 0 Å². The van der Waals surface area contributed by atoms with Gasteiger partial charge in [0.25, 0.3) is 0 Å². The molecule has 6 heteroatoms. The molecule has 21 heavy (non-hydrogen) atoms. The summed E-state index contributed by atoms with van der Waals surface area (Å²) >= 11 is 11.9. The van der Waals surface area contributed by atoms with Gasteiger partial charge in [0.2, 0.25) is 0 Å². The predicted octanol–water partition coefficient (Wildman–Crippen LogP) is 4.54. The van der Waals surface area contributed by atoms with E-state index in [1.165, 1.54) is 0 Å². The molecule has 0 fully saturated rings. The van der Waals surface area contributed by atoms with E-state index in [0.717, 1.165) is 0 Å². The number of rotatable bonds is 4. The maximum Gasteiger partial charge on any atom is 0.340 e. The minimum atomic E-state index is -0.498. The highest BCUT2D eigenvalue weighted by atomic mass is 35.5. The lowest BCUT2D eigenvalue weighted by atomic mass is 10.1. The number of para-hydroxylation sites is 1. The van der Waals surface area contributed by atoms with Gasteiger partial charge in [-0.05, 0) is 37.3 Å². The van der Waals surface area contributed by atoms with Crippen molar-refractivity contribution < 1.29 is 14.3 Å². The van der Waals surface area contributed by atoms with Crippen molar-refractivity contribution in [3.8, 4) is 11.5 Å². The minimum Gasteiger partial charge on any atom is -0.462 e. The third-order valence-electron chi connectivity index (χ3n) is 2.68. The highest BCUT2D eigenvalue weighted by Gasteiger charge is 2.15. The molecule has 0 aliphatic carbocycles. The van der Waals surface area contributed by atoms with E-state index in [9.17, 15) is 4.79 Å². The molecule has 2 rings (SSSR count). The Morgan fingerprint density at radius 2 is 1.95 bits per heavy atom. The molecule has 0 aliphatic heterocycles. The van der Waals surface area contributed by atoms with Crippen LogP contribution in [0.2, 0.25) is 10.0 Å². The number of ether oxygens (including phenoxy) is 2. The van der Waals surface area contributed by atoms with E-state index in [2.05, 4.69) is 0 Å². The Morgan fingerprint density at radius 3 is 2.62 bits per heavy atom. The zero-order chi connectivity index (χ0) is 15.4. The fourth-order valence-electron chi connectivity index (χ4n) is 1.70. The van der Waals surface area contributed by atoms with Crippen molar-refractivity contribution in [1.29, 1.82) is 0 Å². The Bertz CT molecular complexity index is 674. The van der Waals surface area contributed by atoms with Crippen LogP contribution in [0.4, 0.5) is 5.69 Å². The van der Waals surface area contributed by atoms with Gasteiger partial charge in [0.1, 0.15) is 5.75 Å². The highest BCUT2D eigenvalue weighted by molar-refractivity contribution is 6.35. The van der Waals surface area contributed by atoms with Crippen molar-refractivity contribution in [2.45, 2.75) is 6.92 Å². The van der Waals surface area contributed by atoms with E-state index < -0.39 is 5.97 Å². The third-order valence-corrected chi connectivity index (χ3v) is 3.21. The van der Waals surface area contributed by atoms with Crippen molar-refractivity contribution in [1.82, 2.24) is 0 Å². The first-order valence-corrected chi connectivity index (χ1v) is 6.97. The molecular formula is C15H13Cl2NO3. The number of hydrogen-bond acceptors (Lipinski definition) is 4. The van der Waals surface area contributed by atoms with E-state index in [4.69, 9.17) is 38.4 Å². The summed E-state index contributed by atoms with van der Waals surface area (Å²) in [5.41, 5.74) is 6.39. The number of benzene rings is 2. The quantitative estimate of drug-likeness (QED) is 0.662. The second-order valence-corrected chi connectivity index (χ2v) is 4.96. The number of anilines is 1. The van der Waals surface area contributed by atoms with Crippen molar-refractivity contribution in [2.24, 2.45) is 0 Å². The molecular weight excluding hydrogens is 313 g/mol. The predicted molar refractivity (Wildman–Crippen MR) is 83.3 cm³/mol. The van der Waals surface area contributed by atoms with Gasteiger partial charge in [-0.2, -0.15) is 0 Å². The second kappa shape index (κ2) is 6.70. The van der Waals surface area contributed by atoms with Gasteiger partial charge in [-0.25, -0.2) is 4.79 Å². The van der Waals surface area contributed by atoms with Gasteiger partial charge in [-0.3, -0.25) is 0 Å². The molecule has 0 aliphatic rings. The Hall–Kier alpha value is -1.91. The lowest BCUT2D eigenvalue weighted by Gasteiger charge is -2.12. The number of carbonyl (C=O) groups is 1. The van der Waals surface area contributed by atoms with E-state index >= 15 is 0 Å². The van der Waals surface area contributed by atoms with Crippen LogP contribution in [-0.2, 0) is 4.74 Å². The summed E-state index contributed by atoms with van der Waals surface area (Å²) in [6.45, 7) is 1.99. The van der Waals surface area contributed by atoms with Gasteiger partial charge in [0, 0.05) is 5.02 Å². The lowest BCUT2D eigenvalue weighted by Crippen LogP contribution is -2.08. The van der Waals surface area contributed by atoms with Crippen molar-refractivity contribution in [2.75, 3.05) is 12.3 Å². The summed E-state index contributed by atoms with van der Waals surface area (Å²) in [6.07, 6.45) is 0. The van der Waals surface area contributed by atoms with Crippen molar-refractivity contribution in [3.63, 3.8) is 0 Å². The van der Waals surface area contributed by atoms with E-state index in [-0.39, 0.29) is 17.9 Å². The van der Waals surface area contributed by atoms with Crippen LogP contribution in [-0.4, -0.2) is 12.6 Å². The summed E-state index contributed by atoms with van der Waals surface area (Å²) in [6, 6.07) is 9.70. The number of hydrogen-bond donors (Lipinski definition) is 1. The molecule has 0 aromatic heterocycles. The molecule has 0 atom stereocenters. The standard InChI is InChI=1S/C15H13Cl2NO3/c1-2-20-15(19)10-4-3-5-13(14(10)18)21-12-7-6-9(16)8-11(12)17/h3-8H,2,18H2,1H3. The number of nitrogen functional groups attached to an aromatic ring is 1. The average molecular weight is 326 g/mol.